The number of nitrogens with one attached hydrogen (secondary N) is 1. The van der Waals surface area contributed by atoms with Gasteiger partial charge in [0.15, 0.2) is 0 Å². The molecule has 3 N–H and O–H groups in total. The van der Waals surface area contributed by atoms with E-state index in [1.54, 1.807) is 18.8 Å². The second-order valence-electron chi connectivity index (χ2n) is 4.91. The SMILES string of the molecule is N#Cc1c(N)nc2c(c1-c1cnc[nH]1)CCc1occc1-2. The van der Waals surface area contributed by atoms with Crippen LogP contribution < -0.4 is 5.73 Å². The minimum atomic E-state index is 0.231. The van der Waals surface area contributed by atoms with Crippen LogP contribution in [0.3, 0.4) is 0 Å². The Morgan fingerprint density at radius 1 is 1.38 bits per heavy atom. The fourth-order valence-electron chi connectivity index (χ4n) is 2.89. The van der Waals surface area contributed by atoms with Crippen LogP contribution in [0, 0.1) is 11.3 Å². The number of hydrogen-bond donors (Lipinski definition) is 2. The standard InChI is InChI=1S/C15H11N5O/c16-5-10-13(11-6-18-7-19-11)9-1-2-12-8(3-4-21-12)14(9)20-15(10)17/h3-4,6-7H,1-2H2,(H2,17,20)(H,18,19). The summed E-state index contributed by atoms with van der Waals surface area (Å²) in [5.74, 6) is 1.14. The first kappa shape index (κ1) is 11.7. The van der Waals surface area contributed by atoms with Crippen molar-refractivity contribution in [2.45, 2.75) is 12.8 Å². The summed E-state index contributed by atoms with van der Waals surface area (Å²) in [7, 11) is 0. The van der Waals surface area contributed by atoms with Gasteiger partial charge in [-0.25, -0.2) is 9.97 Å². The molecule has 0 spiro atoms. The van der Waals surface area contributed by atoms with Gasteiger partial charge in [0.2, 0.25) is 0 Å². The molecule has 102 valence electrons. The molecule has 0 saturated heterocycles. The van der Waals surface area contributed by atoms with Crippen molar-refractivity contribution in [2.75, 3.05) is 5.73 Å². The summed E-state index contributed by atoms with van der Waals surface area (Å²) < 4.78 is 5.47. The Morgan fingerprint density at radius 3 is 3.05 bits per heavy atom. The lowest BCUT2D eigenvalue weighted by atomic mass is 9.88. The van der Waals surface area contributed by atoms with Gasteiger partial charge in [-0.2, -0.15) is 5.26 Å². The summed E-state index contributed by atoms with van der Waals surface area (Å²) in [6.45, 7) is 0. The van der Waals surface area contributed by atoms with Crippen LogP contribution in [-0.4, -0.2) is 15.0 Å². The predicted octanol–water partition coefficient (Wildman–Crippen LogP) is 2.28. The third-order valence-electron chi connectivity index (χ3n) is 3.81. The van der Waals surface area contributed by atoms with Gasteiger partial charge in [0.05, 0.1) is 30.2 Å². The van der Waals surface area contributed by atoms with Crippen molar-refractivity contribution in [3.05, 3.63) is 41.7 Å². The molecular weight excluding hydrogens is 266 g/mol. The van der Waals surface area contributed by atoms with E-state index in [9.17, 15) is 5.26 Å². The Hall–Kier alpha value is -3.07. The average molecular weight is 277 g/mol. The zero-order valence-electron chi connectivity index (χ0n) is 11.1. The lowest BCUT2D eigenvalue weighted by Gasteiger charge is -2.19. The van der Waals surface area contributed by atoms with Gasteiger partial charge in [0.1, 0.15) is 23.2 Å². The number of fused-ring (bicyclic) bond motifs is 3. The molecule has 0 atom stereocenters. The van der Waals surface area contributed by atoms with Crippen LogP contribution in [0.5, 0.6) is 0 Å². The smallest absolute Gasteiger partial charge is 0.142 e. The van der Waals surface area contributed by atoms with Crippen molar-refractivity contribution in [1.82, 2.24) is 15.0 Å². The molecule has 0 aromatic carbocycles. The average Bonchev–Trinajstić information content (AvgIpc) is 3.17. The number of H-pyrrole nitrogens is 1. The van der Waals surface area contributed by atoms with Crippen molar-refractivity contribution < 1.29 is 4.42 Å². The summed E-state index contributed by atoms with van der Waals surface area (Å²) in [6.07, 6.45) is 6.48. The molecule has 21 heavy (non-hydrogen) atoms. The first-order valence-electron chi connectivity index (χ1n) is 6.57. The molecule has 3 heterocycles. The van der Waals surface area contributed by atoms with Crippen molar-refractivity contribution in [2.24, 2.45) is 0 Å². The Morgan fingerprint density at radius 2 is 2.29 bits per heavy atom. The van der Waals surface area contributed by atoms with Gasteiger partial charge < -0.3 is 15.1 Å². The van der Waals surface area contributed by atoms with Crippen molar-refractivity contribution in [1.29, 1.82) is 5.26 Å². The predicted molar refractivity (Wildman–Crippen MR) is 76.1 cm³/mol. The normalized spacial score (nSPS) is 12.5. The second-order valence-corrected chi connectivity index (χ2v) is 4.91. The van der Waals surface area contributed by atoms with E-state index in [2.05, 4.69) is 21.0 Å². The molecule has 3 aromatic rings. The van der Waals surface area contributed by atoms with E-state index in [4.69, 9.17) is 10.2 Å². The fraction of sp³-hybridized carbons (Fsp3) is 0.133. The molecule has 0 unspecified atom stereocenters. The summed E-state index contributed by atoms with van der Waals surface area (Å²) >= 11 is 0. The van der Waals surface area contributed by atoms with Crippen LogP contribution in [-0.2, 0) is 12.8 Å². The largest absolute Gasteiger partial charge is 0.469 e. The summed E-state index contributed by atoms with van der Waals surface area (Å²) in [5.41, 5.74) is 10.7. The first-order valence-corrected chi connectivity index (χ1v) is 6.57. The van der Waals surface area contributed by atoms with E-state index in [-0.39, 0.29) is 5.82 Å². The molecule has 0 amide bonds. The number of nitrogens with zero attached hydrogens (tertiary/aromatic N) is 3. The maximum Gasteiger partial charge on any atom is 0.142 e. The van der Waals surface area contributed by atoms with Gasteiger partial charge in [0.25, 0.3) is 0 Å². The summed E-state index contributed by atoms with van der Waals surface area (Å²) in [6, 6.07) is 4.05. The molecule has 0 aliphatic heterocycles. The van der Waals surface area contributed by atoms with Crippen LogP contribution in [0.15, 0.2) is 29.3 Å². The highest BCUT2D eigenvalue weighted by Gasteiger charge is 2.27. The molecular formula is C15H11N5O. The Bertz CT molecular complexity index is 870. The molecule has 3 aromatic heterocycles. The lowest BCUT2D eigenvalue weighted by molar-refractivity contribution is 0.507. The van der Waals surface area contributed by atoms with E-state index in [0.717, 1.165) is 46.7 Å². The zero-order valence-corrected chi connectivity index (χ0v) is 11.1. The molecule has 4 rings (SSSR count). The number of aromatic nitrogens is 3. The number of rotatable bonds is 1. The van der Waals surface area contributed by atoms with E-state index in [0.29, 0.717) is 5.56 Å². The first-order chi connectivity index (χ1) is 10.3. The van der Waals surface area contributed by atoms with Gasteiger partial charge in [-0.15, -0.1) is 0 Å². The summed E-state index contributed by atoms with van der Waals surface area (Å²) in [5, 5.41) is 9.43. The topological polar surface area (TPSA) is 105 Å². The van der Waals surface area contributed by atoms with Crippen LogP contribution in [0.2, 0.25) is 0 Å². The quantitative estimate of drug-likeness (QED) is 0.710. The van der Waals surface area contributed by atoms with Crippen LogP contribution in [0.25, 0.3) is 22.5 Å². The number of anilines is 1. The van der Waals surface area contributed by atoms with E-state index in [1.165, 1.54) is 0 Å². The van der Waals surface area contributed by atoms with Crippen molar-refractivity contribution in [3.63, 3.8) is 0 Å². The number of nitrogen functional groups attached to an aromatic ring is 1. The minimum absolute atomic E-state index is 0.231. The fourth-order valence-corrected chi connectivity index (χ4v) is 2.89. The van der Waals surface area contributed by atoms with Gasteiger partial charge in [-0.3, -0.25) is 0 Å². The lowest BCUT2D eigenvalue weighted by Crippen LogP contribution is -2.10. The highest BCUT2D eigenvalue weighted by Crippen LogP contribution is 2.40. The monoisotopic (exact) mass is 277 g/mol. The molecule has 1 aliphatic carbocycles. The molecule has 0 radical (unpaired) electrons. The van der Waals surface area contributed by atoms with E-state index in [1.807, 2.05) is 6.07 Å². The number of pyridine rings is 1. The minimum Gasteiger partial charge on any atom is -0.469 e. The number of imidazole rings is 1. The van der Waals surface area contributed by atoms with Crippen LogP contribution in [0.1, 0.15) is 16.9 Å². The summed E-state index contributed by atoms with van der Waals surface area (Å²) in [4.78, 5) is 11.5. The maximum atomic E-state index is 9.43. The Kier molecular flexibility index (Phi) is 2.35. The molecule has 1 aliphatic rings. The van der Waals surface area contributed by atoms with Crippen molar-refractivity contribution in [3.8, 4) is 28.6 Å². The van der Waals surface area contributed by atoms with Gasteiger partial charge >= 0.3 is 0 Å². The molecule has 0 fully saturated rings. The van der Waals surface area contributed by atoms with Crippen molar-refractivity contribution >= 4 is 5.82 Å². The number of aryl methyl sites for hydroxylation is 1. The third-order valence-corrected chi connectivity index (χ3v) is 3.81. The molecule has 0 bridgehead atoms. The van der Waals surface area contributed by atoms with Crippen LogP contribution >= 0.6 is 0 Å². The number of hydrogen-bond acceptors (Lipinski definition) is 5. The molecule has 0 saturated carbocycles. The van der Waals surface area contributed by atoms with E-state index < -0.39 is 0 Å². The maximum absolute atomic E-state index is 9.43. The van der Waals surface area contributed by atoms with Gasteiger partial charge in [0, 0.05) is 17.5 Å². The Balaban J connectivity index is 2.10. The van der Waals surface area contributed by atoms with Gasteiger partial charge in [-0.1, -0.05) is 0 Å². The van der Waals surface area contributed by atoms with E-state index >= 15 is 0 Å². The molecule has 6 heteroatoms. The van der Waals surface area contributed by atoms with Crippen LogP contribution in [0.4, 0.5) is 5.82 Å². The van der Waals surface area contributed by atoms with Gasteiger partial charge in [-0.05, 0) is 18.1 Å². The number of aromatic amines is 1. The number of nitriles is 1. The number of nitrogens with two attached hydrogens (primary N) is 1. The highest BCUT2D eigenvalue weighted by molar-refractivity contribution is 5.84. The Labute approximate surface area is 120 Å². The highest BCUT2D eigenvalue weighted by atomic mass is 16.3. The third kappa shape index (κ3) is 1.58. The zero-order chi connectivity index (χ0) is 14.4. The second kappa shape index (κ2) is 4.21. The number of furan rings is 1. The molecule has 6 nitrogen and oxygen atoms in total.